The van der Waals surface area contributed by atoms with E-state index in [-0.39, 0.29) is 10.5 Å². The largest absolute Gasteiger partial charge is 0.399 e. The van der Waals surface area contributed by atoms with Crippen LogP contribution in [-0.4, -0.2) is 8.42 Å². The second-order valence-corrected chi connectivity index (χ2v) is 5.99. The minimum Gasteiger partial charge on any atom is -0.399 e. The molecule has 0 aromatic heterocycles. The Kier molecular flexibility index (Phi) is 3.63. The molecular weight excluding hydrogens is 274 g/mol. The third-order valence-corrected chi connectivity index (χ3v) is 4.16. The first-order valence-corrected chi connectivity index (χ1v) is 7.30. The van der Waals surface area contributed by atoms with Gasteiger partial charge in [0.25, 0.3) is 10.0 Å². The van der Waals surface area contributed by atoms with Crippen molar-refractivity contribution in [1.29, 1.82) is 5.26 Å². The molecule has 20 heavy (non-hydrogen) atoms. The summed E-state index contributed by atoms with van der Waals surface area (Å²) < 4.78 is 27.0. The van der Waals surface area contributed by atoms with E-state index in [0.717, 1.165) is 5.56 Å². The van der Waals surface area contributed by atoms with Crippen LogP contribution in [0.1, 0.15) is 11.1 Å². The van der Waals surface area contributed by atoms with E-state index in [2.05, 4.69) is 4.72 Å². The molecule has 3 N–H and O–H groups in total. The highest BCUT2D eigenvalue weighted by Gasteiger charge is 2.18. The molecule has 102 valence electrons. The molecular formula is C14H13N3O2S. The first-order chi connectivity index (χ1) is 9.42. The average Bonchev–Trinajstić information content (AvgIpc) is 2.40. The summed E-state index contributed by atoms with van der Waals surface area (Å²) in [7, 11) is -3.81. The Morgan fingerprint density at radius 1 is 1.15 bits per heavy atom. The standard InChI is InChI=1S/C14H13N3O2S/c1-10-2-5-13(6-3-10)17-20(18,19)14-7-4-12(16)8-11(14)9-15/h2-8,17H,16H2,1H3. The van der Waals surface area contributed by atoms with Gasteiger partial charge in [0.15, 0.2) is 0 Å². The van der Waals surface area contributed by atoms with Gasteiger partial charge in [0.2, 0.25) is 0 Å². The number of nitrogens with two attached hydrogens (primary N) is 1. The monoisotopic (exact) mass is 287 g/mol. The Morgan fingerprint density at radius 2 is 1.80 bits per heavy atom. The normalized spacial score (nSPS) is 10.8. The molecule has 0 heterocycles. The number of nitrogens with one attached hydrogen (secondary N) is 1. The summed E-state index contributed by atoms with van der Waals surface area (Å²) in [6.07, 6.45) is 0. The zero-order valence-corrected chi connectivity index (χ0v) is 11.6. The molecule has 2 aromatic rings. The van der Waals surface area contributed by atoms with Gasteiger partial charge in [-0.1, -0.05) is 17.7 Å². The number of hydrogen-bond donors (Lipinski definition) is 2. The van der Waals surface area contributed by atoms with Crippen molar-refractivity contribution in [3.63, 3.8) is 0 Å². The maximum atomic E-state index is 12.3. The molecule has 0 spiro atoms. The van der Waals surface area contributed by atoms with Gasteiger partial charge >= 0.3 is 0 Å². The summed E-state index contributed by atoms with van der Waals surface area (Å²) in [5, 5.41) is 9.01. The molecule has 0 radical (unpaired) electrons. The van der Waals surface area contributed by atoms with Gasteiger partial charge in [-0.15, -0.1) is 0 Å². The number of benzene rings is 2. The van der Waals surface area contributed by atoms with Gasteiger partial charge in [0, 0.05) is 11.4 Å². The van der Waals surface area contributed by atoms with E-state index in [1.807, 2.05) is 13.0 Å². The average molecular weight is 287 g/mol. The molecule has 6 heteroatoms. The molecule has 0 bridgehead atoms. The van der Waals surface area contributed by atoms with Gasteiger partial charge in [-0.05, 0) is 37.3 Å². The summed E-state index contributed by atoms with van der Waals surface area (Å²) in [5.74, 6) is 0. The zero-order valence-electron chi connectivity index (χ0n) is 10.8. The number of aryl methyl sites for hydroxylation is 1. The van der Waals surface area contributed by atoms with Crippen LogP contribution in [0.3, 0.4) is 0 Å². The van der Waals surface area contributed by atoms with E-state index >= 15 is 0 Å². The Morgan fingerprint density at radius 3 is 2.40 bits per heavy atom. The van der Waals surface area contributed by atoms with Gasteiger partial charge < -0.3 is 5.73 Å². The molecule has 0 saturated heterocycles. The van der Waals surface area contributed by atoms with Gasteiger partial charge in [0.05, 0.1) is 5.56 Å². The SMILES string of the molecule is Cc1ccc(NS(=O)(=O)c2ccc(N)cc2C#N)cc1. The molecule has 2 rings (SSSR count). The lowest BCUT2D eigenvalue weighted by molar-refractivity contribution is 0.601. The lowest BCUT2D eigenvalue weighted by atomic mass is 10.2. The van der Waals surface area contributed by atoms with Crippen LogP contribution >= 0.6 is 0 Å². The number of anilines is 2. The molecule has 5 nitrogen and oxygen atoms in total. The van der Waals surface area contributed by atoms with Crippen LogP contribution in [0.15, 0.2) is 47.4 Å². The lowest BCUT2D eigenvalue weighted by Crippen LogP contribution is -2.14. The number of rotatable bonds is 3. The van der Waals surface area contributed by atoms with Gasteiger partial charge in [0.1, 0.15) is 11.0 Å². The fraction of sp³-hybridized carbons (Fsp3) is 0.0714. The Hall–Kier alpha value is -2.52. The maximum Gasteiger partial charge on any atom is 0.263 e. The third kappa shape index (κ3) is 2.90. The molecule has 2 aromatic carbocycles. The molecule has 0 aliphatic carbocycles. The summed E-state index contributed by atoms with van der Waals surface area (Å²) in [6.45, 7) is 1.91. The molecule has 0 aliphatic heterocycles. The molecule has 0 amide bonds. The van der Waals surface area contributed by atoms with Gasteiger partial charge in [-0.25, -0.2) is 8.42 Å². The van der Waals surface area contributed by atoms with Crippen molar-refractivity contribution in [2.45, 2.75) is 11.8 Å². The van der Waals surface area contributed by atoms with E-state index in [1.54, 1.807) is 24.3 Å². The summed E-state index contributed by atoms with van der Waals surface area (Å²) in [5.41, 5.74) is 7.38. The van der Waals surface area contributed by atoms with Gasteiger partial charge in [-0.3, -0.25) is 4.72 Å². The summed E-state index contributed by atoms with van der Waals surface area (Å²) >= 11 is 0. The highest BCUT2D eigenvalue weighted by Crippen LogP contribution is 2.21. The predicted octanol–water partition coefficient (Wildman–Crippen LogP) is 2.25. The van der Waals surface area contributed by atoms with Crippen molar-refractivity contribution in [2.75, 3.05) is 10.5 Å². The number of nitrogen functional groups attached to an aromatic ring is 1. The fourth-order valence-corrected chi connectivity index (χ4v) is 2.90. The minimum atomic E-state index is -3.81. The number of nitriles is 1. The van der Waals surface area contributed by atoms with E-state index in [0.29, 0.717) is 11.4 Å². The van der Waals surface area contributed by atoms with E-state index in [4.69, 9.17) is 11.0 Å². The summed E-state index contributed by atoms with van der Waals surface area (Å²) in [4.78, 5) is -0.0882. The van der Waals surface area contributed by atoms with Crippen LogP contribution < -0.4 is 10.5 Å². The van der Waals surface area contributed by atoms with Crippen molar-refractivity contribution in [3.8, 4) is 6.07 Å². The Bertz CT molecular complexity index is 775. The third-order valence-electron chi connectivity index (χ3n) is 2.72. The van der Waals surface area contributed by atoms with Crippen LogP contribution in [0, 0.1) is 18.3 Å². The topological polar surface area (TPSA) is 96.0 Å². The van der Waals surface area contributed by atoms with Crippen LogP contribution in [0.4, 0.5) is 11.4 Å². The molecule has 0 atom stereocenters. The molecule has 0 aliphatic rings. The fourth-order valence-electron chi connectivity index (χ4n) is 1.70. The van der Waals surface area contributed by atoms with Crippen molar-refractivity contribution >= 4 is 21.4 Å². The molecule has 0 fully saturated rings. The Labute approximate surface area is 117 Å². The van der Waals surface area contributed by atoms with Crippen LogP contribution in [0.5, 0.6) is 0 Å². The van der Waals surface area contributed by atoms with Crippen molar-refractivity contribution in [3.05, 3.63) is 53.6 Å². The van der Waals surface area contributed by atoms with Crippen LogP contribution in [0.2, 0.25) is 0 Å². The van der Waals surface area contributed by atoms with Gasteiger partial charge in [-0.2, -0.15) is 5.26 Å². The Balaban J connectivity index is 2.41. The number of hydrogen-bond acceptors (Lipinski definition) is 4. The predicted molar refractivity (Wildman–Crippen MR) is 77.6 cm³/mol. The first kappa shape index (κ1) is 13.9. The van der Waals surface area contributed by atoms with E-state index < -0.39 is 10.0 Å². The smallest absolute Gasteiger partial charge is 0.263 e. The highest BCUT2D eigenvalue weighted by atomic mass is 32.2. The molecule has 0 saturated carbocycles. The summed E-state index contributed by atoms with van der Waals surface area (Å²) in [6, 6.07) is 12.9. The second kappa shape index (κ2) is 5.23. The molecule has 0 unspecified atom stereocenters. The number of sulfonamides is 1. The van der Waals surface area contributed by atoms with Crippen molar-refractivity contribution < 1.29 is 8.42 Å². The number of nitrogens with zero attached hydrogens (tertiary/aromatic N) is 1. The van der Waals surface area contributed by atoms with Crippen LogP contribution in [0.25, 0.3) is 0 Å². The quantitative estimate of drug-likeness (QED) is 0.846. The first-order valence-electron chi connectivity index (χ1n) is 5.81. The van der Waals surface area contributed by atoms with E-state index in [9.17, 15) is 8.42 Å². The minimum absolute atomic E-state index is 0.0182. The van der Waals surface area contributed by atoms with E-state index in [1.165, 1.54) is 18.2 Å². The second-order valence-electron chi connectivity index (χ2n) is 4.34. The van der Waals surface area contributed by atoms with Crippen molar-refractivity contribution in [2.24, 2.45) is 0 Å². The van der Waals surface area contributed by atoms with Crippen molar-refractivity contribution in [1.82, 2.24) is 0 Å². The maximum absolute atomic E-state index is 12.3. The lowest BCUT2D eigenvalue weighted by Gasteiger charge is -2.10. The highest BCUT2D eigenvalue weighted by molar-refractivity contribution is 7.92. The van der Waals surface area contributed by atoms with Crippen LogP contribution in [-0.2, 0) is 10.0 Å². The zero-order chi connectivity index (χ0) is 14.8.